The molecule has 2 aromatic rings. The molecule has 1 heterocycles. The molecule has 1 N–H and O–H groups in total. The molecule has 0 saturated carbocycles. The summed E-state index contributed by atoms with van der Waals surface area (Å²) in [4.78, 5) is 16.0. The number of carbonyl (C=O) groups excluding carboxylic acids is 1. The average Bonchev–Trinajstić information content (AvgIpc) is 2.49. The normalized spacial score (nSPS) is 11.1. The Labute approximate surface area is 132 Å². The number of hydrogen-bond acceptors (Lipinski definition) is 3. The predicted molar refractivity (Wildman–Crippen MR) is 87.2 cm³/mol. The predicted octanol–water partition coefficient (Wildman–Crippen LogP) is 3.89. The van der Waals surface area contributed by atoms with Crippen molar-refractivity contribution in [1.82, 2.24) is 4.98 Å². The van der Waals surface area contributed by atoms with Crippen LogP contribution in [0.15, 0.2) is 53.3 Å². The first-order chi connectivity index (χ1) is 10.1. The first-order valence-corrected chi connectivity index (χ1v) is 7.13. The number of nitrogens with zero attached hydrogens (tertiary/aromatic N) is 1. The summed E-state index contributed by atoms with van der Waals surface area (Å²) in [6.07, 6.45) is 3.16. The number of rotatable bonds is 4. The Bertz CT molecular complexity index is 649. The molecule has 108 valence electrons. The van der Waals surface area contributed by atoms with E-state index >= 15 is 0 Å². The molecule has 1 amide bonds. The SMILES string of the molecule is COc1ccc(/C(C)=C/C(=O)Nc2ccc(Br)nc2)cc1. The zero-order valence-electron chi connectivity index (χ0n) is 11.8. The van der Waals surface area contributed by atoms with Gasteiger partial charge in [-0.15, -0.1) is 0 Å². The Morgan fingerprint density at radius 2 is 1.95 bits per heavy atom. The van der Waals surface area contributed by atoms with Crippen LogP contribution in [0.4, 0.5) is 5.69 Å². The van der Waals surface area contributed by atoms with Crippen molar-refractivity contribution in [3.8, 4) is 5.75 Å². The Balaban J connectivity index is 2.06. The highest BCUT2D eigenvalue weighted by Gasteiger charge is 2.02. The number of allylic oxidation sites excluding steroid dienone is 1. The number of methoxy groups -OCH3 is 1. The van der Waals surface area contributed by atoms with Crippen molar-refractivity contribution in [1.29, 1.82) is 0 Å². The van der Waals surface area contributed by atoms with E-state index in [2.05, 4.69) is 26.2 Å². The highest BCUT2D eigenvalue weighted by Crippen LogP contribution is 2.18. The van der Waals surface area contributed by atoms with Gasteiger partial charge in [0.1, 0.15) is 10.4 Å². The Kier molecular flexibility index (Phi) is 5.11. The van der Waals surface area contributed by atoms with Crippen LogP contribution in [0.5, 0.6) is 5.75 Å². The standard InChI is InChI=1S/C16H15BrN2O2/c1-11(12-3-6-14(21-2)7-4-12)9-16(20)19-13-5-8-15(17)18-10-13/h3-10H,1-2H3,(H,19,20)/b11-9+. The van der Waals surface area contributed by atoms with Crippen LogP contribution in [0.3, 0.4) is 0 Å². The van der Waals surface area contributed by atoms with E-state index in [-0.39, 0.29) is 5.91 Å². The van der Waals surface area contributed by atoms with Gasteiger partial charge in [0, 0.05) is 6.08 Å². The molecule has 1 aromatic heterocycles. The van der Waals surface area contributed by atoms with Crippen LogP contribution in [0.25, 0.3) is 5.57 Å². The van der Waals surface area contributed by atoms with Crippen LogP contribution in [-0.2, 0) is 4.79 Å². The van der Waals surface area contributed by atoms with Gasteiger partial charge in [-0.2, -0.15) is 0 Å². The molecule has 0 aliphatic rings. The number of pyridine rings is 1. The highest BCUT2D eigenvalue weighted by molar-refractivity contribution is 9.10. The van der Waals surface area contributed by atoms with Crippen LogP contribution in [0.2, 0.25) is 0 Å². The molecule has 0 atom stereocenters. The summed E-state index contributed by atoms with van der Waals surface area (Å²) < 4.78 is 5.84. The summed E-state index contributed by atoms with van der Waals surface area (Å²) >= 11 is 3.25. The molecule has 0 fully saturated rings. The minimum Gasteiger partial charge on any atom is -0.497 e. The van der Waals surface area contributed by atoms with E-state index in [1.807, 2.05) is 31.2 Å². The van der Waals surface area contributed by atoms with Crippen LogP contribution in [-0.4, -0.2) is 18.0 Å². The number of ether oxygens (including phenoxy) is 1. The van der Waals surface area contributed by atoms with E-state index in [0.717, 1.165) is 21.5 Å². The minimum atomic E-state index is -0.188. The second-order valence-electron chi connectivity index (χ2n) is 4.41. The van der Waals surface area contributed by atoms with E-state index in [9.17, 15) is 4.79 Å². The number of aromatic nitrogens is 1. The van der Waals surface area contributed by atoms with Crippen molar-refractivity contribution < 1.29 is 9.53 Å². The largest absolute Gasteiger partial charge is 0.497 e. The second-order valence-corrected chi connectivity index (χ2v) is 5.23. The van der Waals surface area contributed by atoms with Gasteiger partial charge in [-0.05, 0) is 58.3 Å². The number of anilines is 1. The van der Waals surface area contributed by atoms with Crippen LogP contribution in [0.1, 0.15) is 12.5 Å². The van der Waals surface area contributed by atoms with Gasteiger partial charge in [0.05, 0.1) is 19.0 Å². The maximum absolute atomic E-state index is 12.0. The number of hydrogen-bond donors (Lipinski definition) is 1. The molecule has 0 unspecified atom stereocenters. The molecule has 0 spiro atoms. The fourth-order valence-corrected chi connectivity index (χ4v) is 2.00. The monoisotopic (exact) mass is 346 g/mol. The van der Waals surface area contributed by atoms with E-state index in [0.29, 0.717) is 5.69 Å². The van der Waals surface area contributed by atoms with Gasteiger partial charge in [-0.1, -0.05) is 12.1 Å². The smallest absolute Gasteiger partial charge is 0.248 e. The molecule has 4 nitrogen and oxygen atoms in total. The van der Waals surface area contributed by atoms with Gasteiger partial charge in [0.25, 0.3) is 0 Å². The topological polar surface area (TPSA) is 51.2 Å². The first-order valence-electron chi connectivity index (χ1n) is 6.34. The quantitative estimate of drug-likeness (QED) is 0.674. The lowest BCUT2D eigenvalue weighted by Gasteiger charge is -2.05. The van der Waals surface area contributed by atoms with E-state index < -0.39 is 0 Å². The number of amides is 1. The zero-order valence-corrected chi connectivity index (χ0v) is 13.3. The molecule has 0 aliphatic carbocycles. The van der Waals surface area contributed by atoms with Crippen molar-refractivity contribution in [2.45, 2.75) is 6.92 Å². The van der Waals surface area contributed by atoms with Gasteiger partial charge in [0.15, 0.2) is 0 Å². The van der Waals surface area contributed by atoms with Crippen LogP contribution >= 0.6 is 15.9 Å². The minimum absolute atomic E-state index is 0.188. The molecule has 21 heavy (non-hydrogen) atoms. The molecular formula is C16H15BrN2O2. The summed E-state index contributed by atoms with van der Waals surface area (Å²) in [5.41, 5.74) is 2.50. The Hall–Kier alpha value is -2.14. The van der Waals surface area contributed by atoms with Crippen molar-refractivity contribution in [2.75, 3.05) is 12.4 Å². The van der Waals surface area contributed by atoms with E-state index in [1.165, 1.54) is 0 Å². The van der Waals surface area contributed by atoms with Crippen LogP contribution < -0.4 is 10.1 Å². The lowest BCUT2D eigenvalue weighted by Crippen LogP contribution is -2.08. The molecule has 1 aromatic carbocycles. The van der Waals surface area contributed by atoms with Crippen molar-refractivity contribution in [3.05, 3.63) is 58.8 Å². The van der Waals surface area contributed by atoms with Gasteiger partial charge in [0.2, 0.25) is 5.91 Å². The average molecular weight is 347 g/mol. The van der Waals surface area contributed by atoms with Crippen molar-refractivity contribution in [2.24, 2.45) is 0 Å². The summed E-state index contributed by atoms with van der Waals surface area (Å²) in [6.45, 7) is 1.89. The third kappa shape index (κ3) is 4.43. The lowest BCUT2D eigenvalue weighted by atomic mass is 10.1. The molecule has 0 saturated heterocycles. The third-order valence-electron chi connectivity index (χ3n) is 2.89. The molecule has 0 bridgehead atoms. The molecule has 0 radical (unpaired) electrons. The number of halogens is 1. The number of nitrogens with one attached hydrogen (secondary N) is 1. The third-order valence-corrected chi connectivity index (χ3v) is 3.36. The van der Waals surface area contributed by atoms with Crippen molar-refractivity contribution >= 4 is 33.1 Å². The summed E-state index contributed by atoms with van der Waals surface area (Å²) in [7, 11) is 1.62. The lowest BCUT2D eigenvalue weighted by molar-refractivity contribution is -0.111. The van der Waals surface area contributed by atoms with Gasteiger partial charge in [-0.3, -0.25) is 4.79 Å². The van der Waals surface area contributed by atoms with Crippen molar-refractivity contribution in [3.63, 3.8) is 0 Å². The van der Waals surface area contributed by atoms with E-state index in [1.54, 1.807) is 31.5 Å². The highest BCUT2D eigenvalue weighted by atomic mass is 79.9. The van der Waals surface area contributed by atoms with E-state index in [4.69, 9.17) is 4.74 Å². The zero-order chi connectivity index (χ0) is 15.2. The van der Waals surface area contributed by atoms with Gasteiger partial charge < -0.3 is 10.1 Å². The molecule has 0 aliphatic heterocycles. The maximum atomic E-state index is 12.0. The number of benzene rings is 1. The summed E-state index contributed by atoms with van der Waals surface area (Å²) in [5.74, 6) is 0.601. The summed E-state index contributed by atoms with van der Waals surface area (Å²) in [6, 6.07) is 11.1. The fraction of sp³-hybridized carbons (Fsp3) is 0.125. The molecule has 2 rings (SSSR count). The Morgan fingerprint density at radius 1 is 1.24 bits per heavy atom. The number of carbonyl (C=O) groups is 1. The van der Waals surface area contributed by atoms with Crippen LogP contribution in [0, 0.1) is 0 Å². The van der Waals surface area contributed by atoms with Gasteiger partial charge in [-0.25, -0.2) is 4.98 Å². The Morgan fingerprint density at radius 3 is 2.52 bits per heavy atom. The molecular weight excluding hydrogens is 332 g/mol. The second kappa shape index (κ2) is 7.04. The first kappa shape index (κ1) is 15.3. The maximum Gasteiger partial charge on any atom is 0.248 e. The molecule has 5 heteroatoms. The fourth-order valence-electron chi connectivity index (χ4n) is 1.76. The summed E-state index contributed by atoms with van der Waals surface area (Å²) in [5, 5.41) is 2.77. The van der Waals surface area contributed by atoms with Gasteiger partial charge >= 0.3 is 0 Å².